The minimum Gasteiger partial charge on any atom is -0.478 e. The van der Waals surface area contributed by atoms with Crippen molar-refractivity contribution >= 4 is 11.9 Å². The smallest absolute Gasteiger partial charge is 0.339 e. The van der Waals surface area contributed by atoms with E-state index in [-0.39, 0.29) is 11.1 Å². The van der Waals surface area contributed by atoms with Crippen LogP contribution in [0.25, 0.3) is 0 Å². The predicted molar refractivity (Wildman–Crippen MR) is 63.1 cm³/mol. The lowest BCUT2D eigenvalue weighted by molar-refractivity contribution is 0.0170. The maximum Gasteiger partial charge on any atom is 0.339 e. The number of benzene rings is 1. The molecule has 0 aliphatic rings. The number of carbonyl (C=O) groups excluding carboxylic acids is 1. The Balaban J connectivity index is 3.05. The van der Waals surface area contributed by atoms with Crippen molar-refractivity contribution in [1.82, 2.24) is 0 Å². The van der Waals surface area contributed by atoms with Crippen molar-refractivity contribution in [1.29, 1.82) is 0 Å². The highest BCUT2D eigenvalue weighted by Crippen LogP contribution is 2.16. The van der Waals surface area contributed by atoms with Crippen LogP contribution in [-0.2, 0) is 4.74 Å². The molecule has 0 bridgehead atoms. The number of aromatic carboxylic acids is 1. The zero-order chi connectivity index (χ0) is 13.1. The predicted octanol–water partition coefficient (Wildman–Crippen LogP) is 2.51. The summed E-state index contributed by atoms with van der Waals surface area (Å²) in [5, 5.41) is 8.94. The van der Waals surface area contributed by atoms with E-state index in [4.69, 9.17) is 9.84 Å². The van der Waals surface area contributed by atoms with Gasteiger partial charge >= 0.3 is 11.9 Å². The van der Waals surface area contributed by atoms with Gasteiger partial charge in [0.15, 0.2) is 0 Å². The van der Waals surface area contributed by atoms with E-state index in [1.807, 2.05) is 0 Å². The van der Waals surface area contributed by atoms with Crippen LogP contribution in [0, 0.1) is 0 Å². The van der Waals surface area contributed by atoms with Crippen LogP contribution in [0.3, 0.4) is 0 Å². The van der Waals surface area contributed by atoms with E-state index >= 15 is 0 Å². The topological polar surface area (TPSA) is 63.6 Å². The third-order valence-corrected chi connectivity index (χ3v) is 2.22. The summed E-state index contributed by atoms with van der Waals surface area (Å²) in [6.07, 6.45) is 1.48. The van der Waals surface area contributed by atoms with Gasteiger partial charge in [-0.3, -0.25) is 0 Å². The third-order valence-electron chi connectivity index (χ3n) is 2.22. The number of ether oxygens (including phenoxy) is 1. The zero-order valence-corrected chi connectivity index (χ0v) is 9.77. The summed E-state index contributed by atoms with van der Waals surface area (Å²) in [7, 11) is 0. The maximum atomic E-state index is 11.8. The first-order valence-corrected chi connectivity index (χ1v) is 5.06. The summed E-state index contributed by atoms with van der Waals surface area (Å²) < 4.78 is 5.14. The van der Waals surface area contributed by atoms with Crippen molar-refractivity contribution in [3.05, 3.63) is 48.0 Å². The molecule has 0 aliphatic heterocycles. The molecule has 0 spiro atoms. The van der Waals surface area contributed by atoms with Gasteiger partial charge < -0.3 is 9.84 Å². The Hall–Kier alpha value is -2.10. The molecule has 0 atom stereocenters. The summed E-state index contributed by atoms with van der Waals surface area (Å²) in [5.41, 5.74) is -0.866. The van der Waals surface area contributed by atoms with Crippen LogP contribution in [0.4, 0.5) is 0 Å². The van der Waals surface area contributed by atoms with Gasteiger partial charge in [0.05, 0.1) is 11.1 Å². The van der Waals surface area contributed by atoms with Gasteiger partial charge in [-0.1, -0.05) is 18.7 Å². The molecule has 1 aromatic carbocycles. The van der Waals surface area contributed by atoms with Crippen molar-refractivity contribution in [3.8, 4) is 0 Å². The SMILES string of the molecule is C=CC(C)(C)OC(=O)c1ccccc1C(=O)O. The number of hydrogen-bond acceptors (Lipinski definition) is 3. The van der Waals surface area contributed by atoms with E-state index in [9.17, 15) is 9.59 Å². The minimum absolute atomic E-state index is 0.0370. The Bertz CT molecular complexity index is 460. The van der Waals surface area contributed by atoms with E-state index in [0.717, 1.165) is 0 Å². The van der Waals surface area contributed by atoms with Crippen molar-refractivity contribution in [3.63, 3.8) is 0 Å². The second-order valence-corrected chi connectivity index (χ2v) is 4.05. The van der Waals surface area contributed by atoms with E-state index in [1.54, 1.807) is 26.0 Å². The fourth-order valence-electron chi connectivity index (χ4n) is 1.18. The summed E-state index contributed by atoms with van der Waals surface area (Å²) in [6, 6.07) is 5.92. The Morgan fingerprint density at radius 3 is 2.29 bits per heavy atom. The Labute approximate surface area is 99.5 Å². The zero-order valence-electron chi connectivity index (χ0n) is 9.77. The molecule has 0 saturated heterocycles. The summed E-state index contributed by atoms with van der Waals surface area (Å²) in [4.78, 5) is 22.7. The quantitative estimate of drug-likeness (QED) is 0.642. The second-order valence-electron chi connectivity index (χ2n) is 4.05. The molecule has 1 N–H and O–H groups in total. The number of esters is 1. The maximum absolute atomic E-state index is 11.8. The molecule has 4 heteroatoms. The second kappa shape index (κ2) is 4.82. The highest BCUT2D eigenvalue weighted by molar-refractivity contribution is 6.02. The van der Waals surface area contributed by atoms with E-state index in [2.05, 4.69) is 6.58 Å². The molecule has 0 radical (unpaired) electrons. The number of carboxylic acids is 1. The Morgan fingerprint density at radius 2 is 1.82 bits per heavy atom. The van der Waals surface area contributed by atoms with Gasteiger partial charge in [-0.2, -0.15) is 0 Å². The normalized spacial score (nSPS) is 10.7. The molecule has 0 aromatic heterocycles. The van der Waals surface area contributed by atoms with Crippen LogP contribution in [-0.4, -0.2) is 22.6 Å². The molecule has 0 amide bonds. The number of carbonyl (C=O) groups is 2. The highest BCUT2D eigenvalue weighted by Gasteiger charge is 2.23. The number of rotatable bonds is 4. The van der Waals surface area contributed by atoms with Crippen molar-refractivity contribution in [2.45, 2.75) is 19.4 Å². The van der Waals surface area contributed by atoms with Crippen LogP contribution >= 0.6 is 0 Å². The average Bonchev–Trinajstić information content (AvgIpc) is 2.28. The molecular weight excluding hydrogens is 220 g/mol. The van der Waals surface area contributed by atoms with Gasteiger partial charge in [-0.25, -0.2) is 9.59 Å². The van der Waals surface area contributed by atoms with Crippen molar-refractivity contribution in [2.24, 2.45) is 0 Å². The molecular formula is C13H14O4. The lowest BCUT2D eigenvalue weighted by Crippen LogP contribution is -2.26. The molecule has 0 saturated carbocycles. The largest absolute Gasteiger partial charge is 0.478 e. The van der Waals surface area contributed by atoms with Crippen LogP contribution in [0.5, 0.6) is 0 Å². The van der Waals surface area contributed by atoms with Crippen LogP contribution in [0.15, 0.2) is 36.9 Å². The van der Waals surface area contributed by atoms with Gasteiger partial charge in [0, 0.05) is 0 Å². The summed E-state index contributed by atoms with van der Waals surface area (Å²) >= 11 is 0. The fraction of sp³-hybridized carbons (Fsp3) is 0.231. The standard InChI is InChI=1S/C13H14O4/c1-4-13(2,3)17-12(16)10-8-6-5-7-9(10)11(14)15/h4-8H,1H2,2-3H3,(H,14,15). The van der Waals surface area contributed by atoms with Gasteiger partial charge in [0.25, 0.3) is 0 Å². The lowest BCUT2D eigenvalue weighted by Gasteiger charge is -2.21. The first-order valence-electron chi connectivity index (χ1n) is 5.06. The molecule has 4 nitrogen and oxygen atoms in total. The van der Waals surface area contributed by atoms with Gasteiger partial charge in [0.2, 0.25) is 0 Å². The van der Waals surface area contributed by atoms with Crippen molar-refractivity contribution < 1.29 is 19.4 Å². The van der Waals surface area contributed by atoms with Gasteiger partial charge in [-0.15, -0.1) is 0 Å². The molecule has 90 valence electrons. The monoisotopic (exact) mass is 234 g/mol. The molecule has 0 aliphatic carbocycles. The van der Waals surface area contributed by atoms with E-state index < -0.39 is 17.5 Å². The summed E-state index contributed by atoms with van der Waals surface area (Å²) in [6.45, 7) is 6.88. The minimum atomic E-state index is -1.16. The Kier molecular flexibility index (Phi) is 3.68. The van der Waals surface area contributed by atoms with Gasteiger partial charge in [-0.05, 0) is 32.1 Å². The van der Waals surface area contributed by atoms with Gasteiger partial charge in [0.1, 0.15) is 5.60 Å². The summed E-state index contributed by atoms with van der Waals surface area (Å²) in [5.74, 6) is -1.83. The van der Waals surface area contributed by atoms with Crippen LogP contribution in [0.2, 0.25) is 0 Å². The molecule has 1 rings (SSSR count). The highest BCUT2D eigenvalue weighted by atomic mass is 16.6. The molecule has 17 heavy (non-hydrogen) atoms. The molecule has 0 unspecified atom stereocenters. The fourth-order valence-corrected chi connectivity index (χ4v) is 1.18. The number of hydrogen-bond donors (Lipinski definition) is 1. The first kappa shape index (κ1) is 13.0. The first-order chi connectivity index (χ1) is 7.87. The molecule has 1 aromatic rings. The van der Waals surface area contributed by atoms with E-state index in [1.165, 1.54) is 18.2 Å². The lowest BCUT2D eigenvalue weighted by atomic mass is 10.1. The van der Waals surface area contributed by atoms with Crippen molar-refractivity contribution in [2.75, 3.05) is 0 Å². The molecule has 0 fully saturated rings. The average molecular weight is 234 g/mol. The van der Waals surface area contributed by atoms with Crippen LogP contribution in [0.1, 0.15) is 34.6 Å². The third kappa shape index (κ3) is 3.17. The van der Waals surface area contributed by atoms with E-state index in [0.29, 0.717) is 0 Å². The number of carboxylic acid groups (broad SMARTS) is 1. The van der Waals surface area contributed by atoms with Crippen LogP contribution < -0.4 is 0 Å². The molecule has 0 heterocycles. The Morgan fingerprint density at radius 1 is 1.29 bits per heavy atom.